The molecule has 7 nitrogen and oxygen atoms in total. The monoisotopic (exact) mass is 431 g/mol. The van der Waals surface area contributed by atoms with E-state index in [1.807, 2.05) is 54.8 Å². The lowest BCUT2D eigenvalue weighted by Gasteiger charge is -2.08. The summed E-state index contributed by atoms with van der Waals surface area (Å²) in [6, 6.07) is 16.7. The summed E-state index contributed by atoms with van der Waals surface area (Å²) >= 11 is 1.54. The second kappa shape index (κ2) is 9.36. The highest BCUT2D eigenvalue weighted by Gasteiger charge is 2.16. The van der Waals surface area contributed by atoms with Crippen LogP contribution in [0.3, 0.4) is 0 Å². The lowest BCUT2D eigenvalue weighted by atomic mass is 10.2. The number of amides is 1. The van der Waals surface area contributed by atoms with E-state index in [0.29, 0.717) is 23.6 Å². The molecule has 1 aromatic carbocycles. The van der Waals surface area contributed by atoms with Crippen LogP contribution < -0.4 is 10.9 Å². The molecule has 0 aliphatic heterocycles. The molecule has 0 saturated heterocycles. The summed E-state index contributed by atoms with van der Waals surface area (Å²) in [5.74, 6) is 0.374. The van der Waals surface area contributed by atoms with Crippen molar-refractivity contribution >= 4 is 29.1 Å². The minimum Gasteiger partial charge on any atom is -0.307 e. The van der Waals surface area contributed by atoms with Gasteiger partial charge in [-0.25, -0.2) is 4.98 Å². The minimum atomic E-state index is -0.310. The van der Waals surface area contributed by atoms with Gasteiger partial charge in [0.05, 0.1) is 4.88 Å². The van der Waals surface area contributed by atoms with E-state index < -0.39 is 0 Å². The van der Waals surface area contributed by atoms with E-state index in [-0.39, 0.29) is 17.4 Å². The van der Waals surface area contributed by atoms with E-state index >= 15 is 0 Å². The van der Waals surface area contributed by atoms with Crippen molar-refractivity contribution in [3.8, 4) is 16.5 Å². The van der Waals surface area contributed by atoms with E-state index in [9.17, 15) is 9.59 Å². The molecule has 0 saturated carbocycles. The van der Waals surface area contributed by atoms with Crippen LogP contribution in [0.1, 0.15) is 24.6 Å². The molecule has 0 bridgehead atoms. The second-order valence-electron chi connectivity index (χ2n) is 6.85. The van der Waals surface area contributed by atoms with Crippen LogP contribution in [0.4, 0.5) is 5.82 Å². The molecule has 0 radical (unpaired) electrons. The normalized spacial score (nSPS) is 11.1. The van der Waals surface area contributed by atoms with Gasteiger partial charge in [0.15, 0.2) is 0 Å². The molecule has 8 heteroatoms. The molecule has 31 heavy (non-hydrogen) atoms. The third-order valence-electron chi connectivity index (χ3n) is 4.45. The van der Waals surface area contributed by atoms with E-state index in [1.54, 1.807) is 12.1 Å². The summed E-state index contributed by atoms with van der Waals surface area (Å²) in [5.41, 5.74) is 2.02. The highest BCUT2D eigenvalue weighted by atomic mass is 32.1. The number of rotatable bonds is 7. The summed E-state index contributed by atoms with van der Waals surface area (Å²) in [6.07, 6.45) is 4.74. The first kappa shape index (κ1) is 20.5. The second-order valence-corrected chi connectivity index (χ2v) is 7.80. The fourth-order valence-electron chi connectivity index (χ4n) is 3.06. The van der Waals surface area contributed by atoms with Crippen molar-refractivity contribution in [1.82, 2.24) is 19.7 Å². The van der Waals surface area contributed by atoms with Crippen LogP contribution in [0.2, 0.25) is 0 Å². The van der Waals surface area contributed by atoms with Gasteiger partial charge in [-0.2, -0.15) is 9.78 Å². The zero-order valence-corrected chi connectivity index (χ0v) is 17.7. The van der Waals surface area contributed by atoms with Gasteiger partial charge < -0.3 is 5.32 Å². The smallest absolute Gasteiger partial charge is 0.252 e. The summed E-state index contributed by atoms with van der Waals surface area (Å²) < 4.78 is 1.46. The first-order valence-corrected chi connectivity index (χ1v) is 10.8. The van der Waals surface area contributed by atoms with Crippen molar-refractivity contribution in [3.63, 3.8) is 0 Å². The van der Waals surface area contributed by atoms with E-state index in [0.717, 1.165) is 16.9 Å². The number of thiophene rings is 1. The number of nitrogens with zero attached hydrogens (tertiary/aromatic N) is 3. The third-order valence-corrected chi connectivity index (χ3v) is 5.34. The third kappa shape index (κ3) is 5.04. The Morgan fingerprint density at radius 1 is 1.19 bits per heavy atom. The molecule has 0 aliphatic carbocycles. The summed E-state index contributed by atoms with van der Waals surface area (Å²) in [7, 11) is 0. The number of anilines is 1. The Bertz CT molecular complexity index is 1260. The Morgan fingerprint density at radius 3 is 2.77 bits per heavy atom. The topological polar surface area (TPSA) is 92.7 Å². The van der Waals surface area contributed by atoms with Gasteiger partial charge in [0.25, 0.3) is 5.56 Å². The number of hydrogen-bond acceptors (Lipinski definition) is 5. The number of aromatic nitrogens is 4. The van der Waals surface area contributed by atoms with Gasteiger partial charge in [0.2, 0.25) is 11.9 Å². The van der Waals surface area contributed by atoms with Crippen molar-refractivity contribution < 1.29 is 4.79 Å². The van der Waals surface area contributed by atoms with Gasteiger partial charge in [0, 0.05) is 23.9 Å². The average molecular weight is 432 g/mol. The molecule has 0 spiro atoms. The Balaban J connectivity index is 1.69. The number of H-pyrrole nitrogens is 1. The summed E-state index contributed by atoms with van der Waals surface area (Å²) in [4.78, 5) is 32.9. The number of nitrogens with one attached hydrogen (secondary N) is 2. The van der Waals surface area contributed by atoms with Gasteiger partial charge in [0.1, 0.15) is 11.5 Å². The van der Waals surface area contributed by atoms with Crippen LogP contribution in [0, 0.1) is 0 Å². The van der Waals surface area contributed by atoms with Gasteiger partial charge >= 0.3 is 0 Å². The van der Waals surface area contributed by atoms with Crippen LogP contribution in [-0.4, -0.2) is 25.7 Å². The lowest BCUT2D eigenvalue weighted by molar-refractivity contribution is -0.111. The number of benzene rings is 1. The van der Waals surface area contributed by atoms with E-state index in [2.05, 4.69) is 20.4 Å². The average Bonchev–Trinajstić information content (AvgIpc) is 3.43. The van der Waals surface area contributed by atoms with Gasteiger partial charge in [-0.1, -0.05) is 49.7 Å². The van der Waals surface area contributed by atoms with E-state index in [1.165, 1.54) is 28.2 Å². The van der Waals surface area contributed by atoms with Crippen LogP contribution in [0.5, 0.6) is 0 Å². The van der Waals surface area contributed by atoms with Crippen LogP contribution in [0.25, 0.3) is 22.6 Å². The zero-order valence-electron chi connectivity index (χ0n) is 16.9. The molecule has 0 unspecified atom stereocenters. The Labute approximate surface area is 183 Å². The Kier molecular flexibility index (Phi) is 6.18. The van der Waals surface area contributed by atoms with Crippen molar-refractivity contribution in [2.45, 2.75) is 19.8 Å². The highest BCUT2D eigenvalue weighted by Crippen LogP contribution is 2.27. The molecule has 4 aromatic rings. The fourth-order valence-corrected chi connectivity index (χ4v) is 3.74. The molecule has 0 aliphatic rings. The maximum Gasteiger partial charge on any atom is 0.252 e. The molecule has 4 rings (SSSR count). The van der Waals surface area contributed by atoms with Crippen molar-refractivity contribution in [2.24, 2.45) is 0 Å². The molecule has 2 N–H and O–H groups in total. The number of carbonyl (C=O) groups is 1. The first-order valence-electron chi connectivity index (χ1n) is 9.91. The van der Waals surface area contributed by atoms with Crippen molar-refractivity contribution in [2.75, 3.05) is 5.32 Å². The number of carbonyl (C=O) groups excluding carboxylic acids is 1. The first-order chi connectivity index (χ1) is 15.1. The standard InChI is InChI=1S/C23H21N5O2S/c1-2-7-17-14-22(30)26-23(24-17)28-20(15-18(27-28)19-10-6-13-31-19)25-21(29)12-11-16-8-4-3-5-9-16/h3-6,8-15H,2,7H2,1H3,(H,25,29)(H,24,26,30)/b12-11-. The number of hydrogen-bond donors (Lipinski definition) is 2. The molecule has 1 amide bonds. The lowest BCUT2D eigenvalue weighted by Crippen LogP contribution is -2.18. The van der Waals surface area contributed by atoms with Crippen molar-refractivity contribution in [3.05, 3.63) is 87.7 Å². The molecular weight excluding hydrogens is 410 g/mol. The quantitative estimate of drug-likeness (QED) is 0.427. The predicted octanol–water partition coefficient (Wildman–Crippen LogP) is 4.29. The number of aromatic amines is 1. The van der Waals surface area contributed by atoms with Crippen LogP contribution >= 0.6 is 11.3 Å². The number of aryl methyl sites for hydroxylation is 1. The highest BCUT2D eigenvalue weighted by molar-refractivity contribution is 7.13. The molecule has 3 aromatic heterocycles. The summed E-state index contributed by atoms with van der Waals surface area (Å²) in [6.45, 7) is 2.02. The van der Waals surface area contributed by atoms with E-state index in [4.69, 9.17) is 0 Å². The Hall–Kier alpha value is -3.78. The maximum atomic E-state index is 12.6. The SMILES string of the molecule is CCCc1cc(=O)[nH]c(-n2nc(-c3cccs3)cc2NC(=O)/C=C\c2ccccc2)n1. The van der Waals surface area contributed by atoms with Crippen LogP contribution in [-0.2, 0) is 11.2 Å². The zero-order chi connectivity index (χ0) is 21.6. The molecular formula is C23H21N5O2S. The summed E-state index contributed by atoms with van der Waals surface area (Å²) in [5, 5.41) is 9.40. The Morgan fingerprint density at radius 2 is 2.03 bits per heavy atom. The largest absolute Gasteiger partial charge is 0.307 e. The van der Waals surface area contributed by atoms with Gasteiger partial charge in [-0.15, -0.1) is 11.3 Å². The minimum absolute atomic E-state index is 0.261. The molecule has 3 heterocycles. The van der Waals surface area contributed by atoms with Crippen LogP contribution in [0.15, 0.2) is 70.8 Å². The molecule has 0 atom stereocenters. The fraction of sp³-hybridized carbons (Fsp3) is 0.130. The van der Waals surface area contributed by atoms with Gasteiger partial charge in [-0.3, -0.25) is 14.6 Å². The molecule has 156 valence electrons. The van der Waals surface area contributed by atoms with Gasteiger partial charge in [-0.05, 0) is 29.5 Å². The molecule has 0 fully saturated rings. The predicted molar refractivity (Wildman–Crippen MR) is 123 cm³/mol. The maximum absolute atomic E-state index is 12.6. The van der Waals surface area contributed by atoms with Crippen molar-refractivity contribution in [1.29, 1.82) is 0 Å².